The van der Waals surface area contributed by atoms with Crippen LogP contribution in [0.2, 0.25) is 0 Å². The summed E-state index contributed by atoms with van der Waals surface area (Å²) in [5, 5.41) is 21.3. The molecule has 1 aliphatic rings. The molecule has 1 saturated heterocycles. The second kappa shape index (κ2) is 6.98. The minimum Gasteiger partial charge on any atom is -0.508 e. The van der Waals surface area contributed by atoms with Crippen molar-refractivity contribution in [3.63, 3.8) is 0 Å². The fraction of sp³-hybridized carbons (Fsp3) is 0.400. The van der Waals surface area contributed by atoms with E-state index in [2.05, 4.69) is 0 Å². The van der Waals surface area contributed by atoms with E-state index < -0.39 is 11.7 Å². The molecule has 7 nitrogen and oxygen atoms in total. The highest BCUT2D eigenvalue weighted by molar-refractivity contribution is 6.01. The van der Waals surface area contributed by atoms with E-state index in [4.69, 9.17) is 4.74 Å². The zero-order chi connectivity index (χ0) is 19.8. The van der Waals surface area contributed by atoms with Gasteiger partial charge in [0.15, 0.2) is 0 Å². The van der Waals surface area contributed by atoms with Crippen molar-refractivity contribution in [2.24, 2.45) is 0 Å². The number of phenolic OH excluding ortho intramolecular Hbond substituents is 2. The molecular formula is C20H24N2O5. The van der Waals surface area contributed by atoms with Gasteiger partial charge in [-0.1, -0.05) is 6.07 Å². The van der Waals surface area contributed by atoms with E-state index in [1.165, 1.54) is 12.1 Å². The lowest BCUT2D eigenvalue weighted by atomic mass is 10.0. The topological polar surface area (TPSA) is 90.3 Å². The number of aromatic hydroxyl groups is 2. The molecule has 0 radical (unpaired) electrons. The number of benzene rings is 2. The van der Waals surface area contributed by atoms with Crippen molar-refractivity contribution in [3.05, 3.63) is 35.9 Å². The lowest BCUT2D eigenvalue weighted by Crippen LogP contribution is -2.51. The number of rotatable bonds is 1. The van der Waals surface area contributed by atoms with E-state index in [0.29, 0.717) is 31.6 Å². The van der Waals surface area contributed by atoms with Gasteiger partial charge in [-0.2, -0.15) is 0 Å². The Hall–Kier alpha value is -2.96. The number of piperazine rings is 1. The molecule has 1 aliphatic heterocycles. The monoisotopic (exact) mass is 372 g/mol. The van der Waals surface area contributed by atoms with Gasteiger partial charge in [0.25, 0.3) is 5.91 Å². The van der Waals surface area contributed by atoms with Crippen LogP contribution in [0.1, 0.15) is 31.1 Å². The number of fused-ring (bicyclic) bond motifs is 1. The van der Waals surface area contributed by atoms with E-state index >= 15 is 0 Å². The Kier molecular flexibility index (Phi) is 4.87. The smallest absolute Gasteiger partial charge is 0.410 e. The number of hydrogen-bond donors (Lipinski definition) is 2. The zero-order valence-corrected chi connectivity index (χ0v) is 15.7. The van der Waals surface area contributed by atoms with Crippen LogP contribution in [0.15, 0.2) is 30.3 Å². The molecule has 0 aliphatic carbocycles. The Bertz CT molecular complexity index is 880. The molecule has 3 rings (SSSR count). The van der Waals surface area contributed by atoms with Crippen LogP contribution < -0.4 is 0 Å². The van der Waals surface area contributed by atoms with Crippen LogP contribution in [-0.4, -0.2) is 63.8 Å². The van der Waals surface area contributed by atoms with Gasteiger partial charge in [-0.25, -0.2) is 4.79 Å². The van der Waals surface area contributed by atoms with Gasteiger partial charge in [-0.05, 0) is 55.8 Å². The van der Waals surface area contributed by atoms with Crippen molar-refractivity contribution in [1.82, 2.24) is 9.80 Å². The Morgan fingerprint density at radius 2 is 1.56 bits per heavy atom. The predicted octanol–water partition coefficient (Wildman–Crippen LogP) is 2.94. The molecule has 2 N–H and O–H groups in total. The van der Waals surface area contributed by atoms with E-state index in [1.807, 2.05) is 20.8 Å². The van der Waals surface area contributed by atoms with Crippen LogP contribution in [0.4, 0.5) is 4.79 Å². The highest BCUT2D eigenvalue weighted by Gasteiger charge is 2.29. The van der Waals surface area contributed by atoms with Crippen molar-refractivity contribution < 1.29 is 24.5 Å². The van der Waals surface area contributed by atoms with Crippen LogP contribution in [0.25, 0.3) is 10.8 Å². The maximum absolute atomic E-state index is 12.8. The highest BCUT2D eigenvalue weighted by atomic mass is 16.6. The van der Waals surface area contributed by atoms with Crippen molar-refractivity contribution >= 4 is 22.8 Å². The van der Waals surface area contributed by atoms with E-state index in [9.17, 15) is 19.8 Å². The van der Waals surface area contributed by atoms with Gasteiger partial charge in [-0.15, -0.1) is 0 Å². The molecule has 0 aromatic heterocycles. The largest absolute Gasteiger partial charge is 0.508 e. The molecule has 0 bridgehead atoms. The van der Waals surface area contributed by atoms with Gasteiger partial charge in [0.2, 0.25) is 0 Å². The fourth-order valence-corrected chi connectivity index (χ4v) is 3.03. The van der Waals surface area contributed by atoms with E-state index in [-0.39, 0.29) is 23.0 Å². The van der Waals surface area contributed by atoms with Crippen LogP contribution in [0, 0.1) is 0 Å². The maximum Gasteiger partial charge on any atom is 0.410 e. The summed E-state index contributed by atoms with van der Waals surface area (Å²) in [5.41, 5.74) is -0.384. The summed E-state index contributed by atoms with van der Waals surface area (Å²) in [6.45, 7) is 6.89. The van der Waals surface area contributed by atoms with Crippen LogP contribution in [0.5, 0.6) is 11.5 Å². The molecule has 0 spiro atoms. The van der Waals surface area contributed by atoms with Crippen molar-refractivity contribution in [1.29, 1.82) is 0 Å². The molecule has 1 heterocycles. The third-order valence-corrected chi connectivity index (χ3v) is 4.39. The number of ether oxygens (including phenoxy) is 1. The van der Waals surface area contributed by atoms with E-state index in [0.717, 1.165) is 5.39 Å². The Labute approximate surface area is 157 Å². The zero-order valence-electron chi connectivity index (χ0n) is 15.7. The third-order valence-electron chi connectivity index (χ3n) is 4.39. The van der Waals surface area contributed by atoms with Crippen LogP contribution in [0.3, 0.4) is 0 Å². The fourth-order valence-electron chi connectivity index (χ4n) is 3.03. The standard InChI is InChI=1S/C20H24N2O5/c1-20(2,3)27-19(26)22-8-6-21(7-9-22)18(25)16-11-14-10-15(23)5-4-13(14)12-17(16)24/h4-5,10-12,23-24H,6-9H2,1-3H3. The second-order valence-electron chi connectivity index (χ2n) is 7.66. The van der Waals surface area contributed by atoms with E-state index in [1.54, 1.807) is 28.0 Å². The molecule has 0 saturated carbocycles. The number of carbonyl (C=O) groups is 2. The first-order valence-corrected chi connectivity index (χ1v) is 8.87. The molecular weight excluding hydrogens is 348 g/mol. The van der Waals surface area contributed by atoms with Gasteiger partial charge in [0.05, 0.1) is 5.56 Å². The van der Waals surface area contributed by atoms with Crippen molar-refractivity contribution in [2.45, 2.75) is 26.4 Å². The quantitative estimate of drug-likeness (QED) is 0.803. The summed E-state index contributed by atoms with van der Waals surface area (Å²) in [5.74, 6) is -0.313. The van der Waals surface area contributed by atoms with Crippen LogP contribution in [-0.2, 0) is 4.74 Å². The Morgan fingerprint density at radius 1 is 0.926 bits per heavy atom. The Morgan fingerprint density at radius 3 is 2.19 bits per heavy atom. The number of hydrogen-bond acceptors (Lipinski definition) is 5. The number of amides is 2. The highest BCUT2D eigenvalue weighted by Crippen LogP contribution is 2.28. The van der Waals surface area contributed by atoms with Gasteiger partial charge in [0.1, 0.15) is 17.1 Å². The molecule has 0 unspecified atom stereocenters. The molecule has 2 aromatic rings. The SMILES string of the molecule is CC(C)(C)OC(=O)N1CCN(C(=O)c2cc3cc(O)ccc3cc2O)CC1. The van der Waals surface area contributed by atoms with Crippen LogP contribution >= 0.6 is 0 Å². The molecule has 7 heteroatoms. The molecule has 1 fully saturated rings. The van der Waals surface area contributed by atoms with Gasteiger partial charge in [0, 0.05) is 26.2 Å². The number of carbonyl (C=O) groups excluding carboxylic acids is 2. The minimum absolute atomic E-state index is 0.0950. The third kappa shape index (κ3) is 4.24. The average Bonchev–Trinajstić information content (AvgIpc) is 2.59. The predicted molar refractivity (Wildman–Crippen MR) is 101 cm³/mol. The lowest BCUT2D eigenvalue weighted by molar-refractivity contribution is 0.0140. The molecule has 0 atom stereocenters. The maximum atomic E-state index is 12.8. The number of phenols is 2. The molecule has 27 heavy (non-hydrogen) atoms. The molecule has 2 aromatic carbocycles. The Balaban J connectivity index is 1.72. The van der Waals surface area contributed by atoms with Gasteiger partial charge < -0.3 is 24.7 Å². The molecule has 144 valence electrons. The summed E-state index contributed by atoms with van der Waals surface area (Å²) in [7, 11) is 0. The second-order valence-corrected chi connectivity index (χ2v) is 7.66. The average molecular weight is 372 g/mol. The summed E-state index contributed by atoms with van der Waals surface area (Å²) in [4.78, 5) is 28.1. The molecule has 2 amide bonds. The first-order valence-electron chi connectivity index (χ1n) is 8.87. The first kappa shape index (κ1) is 18.8. The summed E-state index contributed by atoms with van der Waals surface area (Å²) in [6.07, 6.45) is -0.390. The van der Waals surface area contributed by atoms with Gasteiger partial charge in [-0.3, -0.25) is 4.79 Å². The number of nitrogens with zero attached hydrogens (tertiary/aromatic N) is 2. The lowest BCUT2D eigenvalue weighted by Gasteiger charge is -2.35. The van der Waals surface area contributed by atoms with Gasteiger partial charge >= 0.3 is 6.09 Å². The van der Waals surface area contributed by atoms with Crippen molar-refractivity contribution in [3.8, 4) is 11.5 Å². The minimum atomic E-state index is -0.563. The summed E-state index contributed by atoms with van der Waals surface area (Å²) >= 11 is 0. The normalized spacial score (nSPS) is 15.1. The first-order chi connectivity index (χ1) is 12.6. The van der Waals surface area contributed by atoms with Crippen molar-refractivity contribution in [2.75, 3.05) is 26.2 Å². The summed E-state index contributed by atoms with van der Waals surface area (Å²) in [6, 6.07) is 7.84. The summed E-state index contributed by atoms with van der Waals surface area (Å²) < 4.78 is 5.36.